The number of rotatable bonds is 5. The highest BCUT2D eigenvalue weighted by atomic mass is 16.5. The Morgan fingerprint density at radius 3 is 2.64 bits per heavy atom. The van der Waals surface area contributed by atoms with Gasteiger partial charge < -0.3 is 14.8 Å². The van der Waals surface area contributed by atoms with Gasteiger partial charge in [-0.05, 0) is 42.6 Å². The molecule has 1 aliphatic heterocycles. The van der Waals surface area contributed by atoms with E-state index in [0.717, 1.165) is 23.6 Å². The summed E-state index contributed by atoms with van der Waals surface area (Å²) in [6, 6.07) is 16.9. The third kappa shape index (κ3) is 3.60. The molecule has 2 aromatic rings. The van der Waals surface area contributed by atoms with E-state index in [-0.39, 0.29) is 0 Å². The second-order valence-corrected chi connectivity index (χ2v) is 5.69. The van der Waals surface area contributed by atoms with Crippen LogP contribution < -0.4 is 14.8 Å². The molecule has 1 heterocycles. The van der Waals surface area contributed by atoms with Crippen LogP contribution in [0, 0.1) is 0 Å². The van der Waals surface area contributed by atoms with Crippen LogP contribution >= 0.6 is 0 Å². The summed E-state index contributed by atoms with van der Waals surface area (Å²) in [7, 11) is 1.68. The molecule has 3 heteroatoms. The molecule has 1 aliphatic rings. The minimum absolute atomic E-state index is 0.429. The molecule has 0 spiro atoms. The molecule has 0 amide bonds. The Morgan fingerprint density at radius 1 is 1.05 bits per heavy atom. The summed E-state index contributed by atoms with van der Waals surface area (Å²) in [6.07, 6.45) is 3.73. The van der Waals surface area contributed by atoms with E-state index < -0.39 is 0 Å². The lowest BCUT2D eigenvalue weighted by Gasteiger charge is -2.24. The van der Waals surface area contributed by atoms with Crippen LogP contribution in [-0.2, 0) is 6.61 Å². The first-order valence-electron chi connectivity index (χ1n) is 7.95. The molecule has 1 atom stereocenters. The van der Waals surface area contributed by atoms with Gasteiger partial charge in [-0.1, -0.05) is 42.8 Å². The van der Waals surface area contributed by atoms with Gasteiger partial charge in [-0.2, -0.15) is 0 Å². The number of benzene rings is 2. The number of piperidine rings is 1. The van der Waals surface area contributed by atoms with Crippen LogP contribution in [0.4, 0.5) is 0 Å². The first kappa shape index (κ1) is 14.9. The largest absolute Gasteiger partial charge is 0.493 e. The summed E-state index contributed by atoms with van der Waals surface area (Å²) in [5.41, 5.74) is 2.44. The van der Waals surface area contributed by atoms with Crippen molar-refractivity contribution < 1.29 is 9.47 Å². The van der Waals surface area contributed by atoms with E-state index in [2.05, 4.69) is 29.6 Å². The predicted molar refractivity (Wildman–Crippen MR) is 88.4 cm³/mol. The topological polar surface area (TPSA) is 30.5 Å². The fraction of sp³-hybridized carbons (Fsp3) is 0.368. The molecular formula is C19H23NO2. The van der Waals surface area contributed by atoms with Crippen LogP contribution in [0.1, 0.15) is 36.4 Å². The number of ether oxygens (including phenoxy) is 2. The molecule has 22 heavy (non-hydrogen) atoms. The second-order valence-electron chi connectivity index (χ2n) is 5.69. The summed E-state index contributed by atoms with van der Waals surface area (Å²) in [5.74, 6) is 1.60. The maximum atomic E-state index is 5.99. The number of nitrogens with one attached hydrogen (secondary N) is 1. The SMILES string of the molecule is COc1ccc([C@@H]2CCCCN2)cc1OCc1ccccc1. The van der Waals surface area contributed by atoms with Crippen molar-refractivity contribution in [3.63, 3.8) is 0 Å². The molecule has 0 aromatic heterocycles. The fourth-order valence-corrected chi connectivity index (χ4v) is 2.89. The molecule has 0 bridgehead atoms. The Labute approximate surface area is 132 Å². The van der Waals surface area contributed by atoms with Gasteiger partial charge in [-0.3, -0.25) is 0 Å². The highest BCUT2D eigenvalue weighted by Crippen LogP contribution is 2.33. The average Bonchev–Trinajstić information content (AvgIpc) is 2.61. The van der Waals surface area contributed by atoms with E-state index >= 15 is 0 Å². The van der Waals surface area contributed by atoms with Gasteiger partial charge in [0.1, 0.15) is 6.61 Å². The number of methoxy groups -OCH3 is 1. The lowest BCUT2D eigenvalue weighted by atomic mass is 9.97. The van der Waals surface area contributed by atoms with E-state index in [9.17, 15) is 0 Å². The van der Waals surface area contributed by atoms with Crippen molar-refractivity contribution in [2.75, 3.05) is 13.7 Å². The Kier molecular flexibility index (Phi) is 4.96. The van der Waals surface area contributed by atoms with E-state index in [4.69, 9.17) is 9.47 Å². The van der Waals surface area contributed by atoms with Gasteiger partial charge in [0.25, 0.3) is 0 Å². The van der Waals surface area contributed by atoms with Crippen molar-refractivity contribution >= 4 is 0 Å². The van der Waals surface area contributed by atoms with Crippen molar-refractivity contribution in [3.8, 4) is 11.5 Å². The van der Waals surface area contributed by atoms with Crippen molar-refractivity contribution in [1.82, 2.24) is 5.32 Å². The van der Waals surface area contributed by atoms with Gasteiger partial charge in [0.2, 0.25) is 0 Å². The minimum atomic E-state index is 0.429. The van der Waals surface area contributed by atoms with Crippen LogP contribution in [0.2, 0.25) is 0 Å². The van der Waals surface area contributed by atoms with Gasteiger partial charge in [0, 0.05) is 6.04 Å². The summed E-state index contributed by atoms with van der Waals surface area (Å²) >= 11 is 0. The molecule has 3 nitrogen and oxygen atoms in total. The van der Waals surface area contributed by atoms with Crippen LogP contribution in [0.25, 0.3) is 0 Å². The van der Waals surface area contributed by atoms with Crippen LogP contribution in [-0.4, -0.2) is 13.7 Å². The minimum Gasteiger partial charge on any atom is -0.493 e. The molecule has 0 radical (unpaired) electrons. The maximum absolute atomic E-state index is 5.99. The monoisotopic (exact) mass is 297 g/mol. The average molecular weight is 297 g/mol. The van der Waals surface area contributed by atoms with Crippen molar-refractivity contribution in [1.29, 1.82) is 0 Å². The van der Waals surface area contributed by atoms with Crippen LogP contribution in [0.3, 0.4) is 0 Å². The fourth-order valence-electron chi connectivity index (χ4n) is 2.89. The first-order valence-corrected chi connectivity index (χ1v) is 7.95. The predicted octanol–water partition coefficient (Wildman–Crippen LogP) is 4.09. The van der Waals surface area contributed by atoms with Crippen LogP contribution in [0.15, 0.2) is 48.5 Å². The van der Waals surface area contributed by atoms with Gasteiger partial charge in [0.15, 0.2) is 11.5 Å². The molecule has 2 aromatic carbocycles. The van der Waals surface area contributed by atoms with Gasteiger partial charge in [0.05, 0.1) is 7.11 Å². The summed E-state index contributed by atoms with van der Waals surface area (Å²) in [5, 5.41) is 3.58. The van der Waals surface area contributed by atoms with Gasteiger partial charge in [-0.25, -0.2) is 0 Å². The zero-order chi connectivity index (χ0) is 15.2. The lowest BCUT2D eigenvalue weighted by molar-refractivity contribution is 0.283. The molecule has 1 saturated heterocycles. The Bertz CT molecular complexity index is 592. The standard InChI is InChI=1S/C19H23NO2/c1-21-18-11-10-16(17-9-5-6-12-20-17)13-19(18)22-14-15-7-3-2-4-8-15/h2-4,7-8,10-11,13,17,20H,5-6,9,12,14H2,1H3/t17-/m0/s1. The molecule has 1 N–H and O–H groups in total. The quantitative estimate of drug-likeness (QED) is 0.901. The van der Waals surface area contributed by atoms with E-state index in [1.165, 1.54) is 24.8 Å². The van der Waals surface area contributed by atoms with Crippen molar-refractivity contribution in [3.05, 3.63) is 59.7 Å². The van der Waals surface area contributed by atoms with Crippen molar-refractivity contribution in [2.45, 2.75) is 31.9 Å². The van der Waals surface area contributed by atoms with Crippen LogP contribution in [0.5, 0.6) is 11.5 Å². The Hall–Kier alpha value is -2.00. The Morgan fingerprint density at radius 2 is 1.91 bits per heavy atom. The molecule has 0 unspecified atom stereocenters. The van der Waals surface area contributed by atoms with E-state index in [0.29, 0.717) is 12.6 Å². The summed E-state index contributed by atoms with van der Waals surface area (Å²) < 4.78 is 11.4. The summed E-state index contributed by atoms with van der Waals surface area (Å²) in [4.78, 5) is 0. The Balaban J connectivity index is 1.75. The van der Waals surface area contributed by atoms with Gasteiger partial charge in [-0.15, -0.1) is 0 Å². The molecule has 1 fully saturated rings. The van der Waals surface area contributed by atoms with Gasteiger partial charge >= 0.3 is 0 Å². The lowest BCUT2D eigenvalue weighted by Crippen LogP contribution is -2.26. The third-order valence-electron chi connectivity index (χ3n) is 4.14. The number of hydrogen-bond donors (Lipinski definition) is 1. The van der Waals surface area contributed by atoms with Crippen molar-refractivity contribution in [2.24, 2.45) is 0 Å². The molecule has 0 aliphatic carbocycles. The summed E-state index contributed by atoms with van der Waals surface area (Å²) in [6.45, 7) is 1.65. The zero-order valence-corrected chi connectivity index (χ0v) is 13.0. The third-order valence-corrected chi connectivity index (χ3v) is 4.14. The number of hydrogen-bond acceptors (Lipinski definition) is 3. The highest BCUT2D eigenvalue weighted by molar-refractivity contribution is 5.44. The normalized spacial score (nSPS) is 18.0. The molecular weight excluding hydrogens is 274 g/mol. The smallest absolute Gasteiger partial charge is 0.161 e. The molecule has 3 rings (SSSR count). The zero-order valence-electron chi connectivity index (χ0n) is 13.0. The first-order chi connectivity index (χ1) is 10.9. The molecule has 0 saturated carbocycles. The van der Waals surface area contributed by atoms with E-state index in [1.807, 2.05) is 24.3 Å². The second kappa shape index (κ2) is 7.32. The highest BCUT2D eigenvalue weighted by Gasteiger charge is 2.16. The molecule has 116 valence electrons. The van der Waals surface area contributed by atoms with E-state index in [1.54, 1.807) is 7.11 Å². The maximum Gasteiger partial charge on any atom is 0.161 e.